The van der Waals surface area contributed by atoms with Crippen LogP contribution in [0.4, 0.5) is 4.79 Å². The second-order valence-electron chi connectivity index (χ2n) is 7.17. The van der Waals surface area contributed by atoms with E-state index in [4.69, 9.17) is 16.3 Å². The van der Waals surface area contributed by atoms with E-state index in [-0.39, 0.29) is 12.0 Å². The predicted octanol–water partition coefficient (Wildman–Crippen LogP) is 3.63. The van der Waals surface area contributed by atoms with Crippen molar-refractivity contribution in [1.29, 1.82) is 0 Å². The summed E-state index contributed by atoms with van der Waals surface area (Å²) < 4.78 is 17.8. The maximum Gasteiger partial charge on any atom is 0.410 e. The van der Waals surface area contributed by atoms with Crippen molar-refractivity contribution < 1.29 is 13.7 Å². The third-order valence-electron chi connectivity index (χ3n) is 3.71. The van der Waals surface area contributed by atoms with Crippen LogP contribution in [0, 0.1) is 5.92 Å². The molecule has 1 amide bonds. The van der Waals surface area contributed by atoms with E-state index in [1.165, 1.54) is 0 Å². The zero-order chi connectivity index (χ0) is 17.7. The standard InChI is InChI=1S/C17H25ClN2O3S/c1-17(2,3)23-16(21)20-8-4-5-14(10-20)12-24(22)11-13-6-7-15(18)19-9-13/h6-7,9,14H,4-5,8,10-12H2,1-3H3. The molecule has 2 rings (SSSR count). The number of halogens is 1. The minimum absolute atomic E-state index is 0.243. The zero-order valence-electron chi connectivity index (χ0n) is 14.5. The third kappa shape index (κ3) is 6.40. The van der Waals surface area contributed by atoms with E-state index >= 15 is 0 Å². The molecule has 1 aromatic heterocycles. The number of nitrogens with zero attached hydrogens (tertiary/aromatic N) is 2. The summed E-state index contributed by atoms with van der Waals surface area (Å²) in [6.45, 7) is 6.91. The van der Waals surface area contributed by atoms with Gasteiger partial charge in [-0.3, -0.25) is 4.21 Å². The maximum absolute atomic E-state index is 12.4. The second kappa shape index (κ2) is 8.30. The molecule has 2 heterocycles. The molecular weight excluding hydrogens is 348 g/mol. The summed E-state index contributed by atoms with van der Waals surface area (Å²) in [7, 11) is -0.984. The van der Waals surface area contributed by atoms with E-state index in [0.717, 1.165) is 18.4 Å². The molecule has 0 bridgehead atoms. The van der Waals surface area contributed by atoms with Crippen molar-refractivity contribution in [2.24, 2.45) is 5.92 Å². The van der Waals surface area contributed by atoms with Gasteiger partial charge in [0, 0.05) is 35.8 Å². The molecule has 134 valence electrons. The van der Waals surface area contributed by atoms with Crippen LogP contribution in [0.2, 0.25) is 5.15 Å². The van der Waals surface area contributed by atoms with Crippen molar-refractivity contribution in [1.82, 2.24) is 9.88 Å². The lowest BCUT2D eigenvalue weighted by atomic mass is 10.0. The smallest absolute Gasteiger partial charge is 0.410 e. The summed E-state index contributed by atoms with van der Waals surface area (Å²) in [6.07, 6.45) is 3.29. The lowest BCUT2D eigenvalue weighted by Crippen LogP contribution is -2.44. The number of hydrogen-bond donors (Lipinski definition) is 0. The SMILES string of the molecule is CC(C)(C)OC(=O)N1CCCC(CS(=O)Cc2ccc(Cl)nc2)C1. The van der Waals surface area contributed by atoms with E-state index in [1.54, 1.807) is 17.2 Å². The zero-order valence-corrected chi connectivity index (χ0v) is 16.0. The summed E-state index contributed by atoms with van der Waals surface area (Å²) in [5.74, 6) is 1.29. The molecular formula is C17H25ClN2O3S. The number of piperidine rings is 1. The van der Waals surface area contributed by atoms with Gasteiger partial charge < -0.3 is 9.64 Å². The van der Waals surface area contributed by atoms with Gasteiger partial charge in [0.2, 0.25) is 0 Å². The Balaban J connectivity index is 1.84. The number of carbonyl (C=O) groups excluding carboxylic acids is 1. The second-order valence-corrected chi connectivity index (χ2v) is 9.06. The van der Waals surface area contributed by atoms with Crippen LogP contribution in [0.25, 0.3) is 0 Å². The van der Waals surface area contributed by atoms with Gasteiger partial charge in [0.05, 0.1) is 5.75 Å². The highest BCUT2D eigenvalue weighted by atomic mass is 35.5. The molecule has 0 spiro atoms. The van der Waals surface area contributed by atoms with E-state index in [2.05, 4.69) is 4.98 Å². The number of amides is 1. The molecule has 7 heteroatoms. The molecule has 2 unspecified atom stereocenters. The van der Waals surface area contributed by atoms with Crippen molar-refractivity contribution in [2.75, 3.05) is 18.8 Å². The van der Waals surface area contributed by atoms with Crippen LogP contribution < -0.4 is 0 Å². The summed E-state index contributed by atoms with van der Waals surface area (Å²) in [5, 5.41) is 0.435. The Morgan fingerprint density at radius 2 is 2.21 bits per heavy atom. The Morgan fingerprint density at radius 3 is 2.83 bits per heavy atom. The largest absolute Gasteiger partial charge is 0.444 e. The number of rotatable bonds is 4. The topological polar surface area (TPSA) is 59.5 Å². The van der Waals surface area contributed by atoms with E-state index in [1.807, 2.05) is 26.8 Å². The van der Waals surface area contributed by atoms with E-state index < -0.39 is 16.4 Å². The van der Waals surface area contributed by atoms with Crippen molar-refractivity contribution in [3.05, 3.63) is 29.0 Å². The lowest BCUT2D eigenvalue weighted by molar-refractivity contribution is 0.0176. The van der Waals surface area contributed by atoms with Crippen molar-refractivity contribution >= 4 is 28.5 Å². The van der Waals surface area contributed by atoms with Crippen LogP contribution in [-0.2, 0) is 21.3 Å². The number of pyridine rings is 1. The maximum atomic E-state index is 12.4. The molecule has 24 heavy (non-hydrogen) atoms. The van der Waals surface area contributed by atoms with Gasteiger partial charge in [-0.1, -0.05) is 17.7 Å². The highest BCUT2D eigenvalue weighted by Gasteiger charge is 2.28. The van der Waals surface area contributed by atoms with Crippen LogP contribution in [0.3, 0.4) is 0 Å². The summed E-state index contributed by atoms with van der Waals surface area (Å²) in [4.78, 5) is 17.9. The molecule has 1 aromatic rings. The predicted molar refractivity (Wildman–Crippen MR) is 96.5 cm³/mol. The van der Waals surface area contributed by atoms with Gasteiger partial charge in [-0.25, -0.2) is 9.78 Å². The van der Waals surface area contributed by atoms with Crippen LogP contribution in [0.15, 0.2) is 18.3 Å². The first kappa shape index (κ1) is 19.2. The normalized spacial score (nSPS) is 19.8. The van der Waals surface area contributed by atoms with Gasteiger partial charge >= 0.3 is 6.09 Å². The third-order valence-corrected chi connectivity index (χ3v) is 5.43. The van der Waals surface area contributed by atoms with Crippen molar-refractivity contribution in [3.8, 4) is 0 Å². The summed E-state index contributed by atoms with van der Waals surface area (Å²) in [6, 6.07) is 3.56. The number of likely N-dealkylation sites (tertiary alicyclic amines) is 1. The van der Waals surface area contributed by atoms with Crippen molar-refractivity contribution in [3.63, 3.8) is 0 Å². The highest BCUT2D eigenvalue weighted by Crippen LogP contribution is 2.21. The highest BCUT2D eigenvalue weighted by molar-refractivity contribution is 7.84. The first-order valence-electron chi connectivity index (χ1n) is 8.16. The average Bonchev–Trinajstić information content (AvgIpc) is 2.48. The van der Waals surface area contributed by atoms with Crippen LogP contribution >= 0.6 is 11.6 Å². The lowest BCUT2D eigenvalue weighted by Gasteiger charge is -2.34. The number of hydrogen-bond acceptors (Lipinski definition) is 4. The monoisotopic (exact) mass is 372 g/mol. The molecule has 0 radical (unpaired) electrons. The van der Waals surface area contributed by atoms with Gasteiger partial charge in [0.25, 0.3) is 0 Å². The molecule has 0 aliphatic carbocycles. The number of aromatic nitrogens is 1. The molecule has 0 saturated carbocycles. The van der Waals surface area contributed by atoms with Gasteiger partial charge in [0.1, 0.15) is 10.8 Å². The average molecular weight is 373 g/mol. The fraction of sp³-hybridized carbons (Fsp3) is 0.647. The fourth-order valence-electron chi connectivity index (χ4n) is 2.69. The Bertz CT molecular complexity index is 586. The minimum Gasteiger partial charge on any atom is -0.444 e. The fourth-order valence-corrected chi connectivity index (χ4v) is 4.26. The van der Waals surface area contributed by atoms with Gasteiger partial charge in [0.15, 0.2) is 0 Å². The Morgan fingerprint density at radius 1 is 1.46 bits per heavy atom. The molecule has 1 fully saturated rings. The first-order chi connectivity index (χ1) is 11.2. The van der Waals surface area contributed by atoms with Gasteiger partial charge in [-0.2, -0.15) is 0 Å². The Hall–Kier alpha value is -1.14. The Kier molecular flexibility index (Phi) is 6.63. The minimum atomic E-state index is -0.984. The van der Waals surface area contributed by atoms with Crippen LogP contribution in [-0.4, -0.2) is 44.6 Å². The van der Waals surface area contributed by atoms with Crippen LogP contribution in [0.5, 0.6) is 0 Å². The first-order valence-corrected chi connectivity index (χ1v) is 10.0. The van der Waals surface area contributed by atoms with Gasteiger partial charge in [-0.15, -0.1) is 0 Å². The molecule has 0 N–H and O–H groups in total. The molecule has 5 nitrogen and oxygen atoms in total. The molecule has 2 atom stereocenters. The Labute approximate surface area is 151 Å². The molecule has 1 aliphatic heterocycles. The molecule has 1 aliphatic rings. The number of carbonyl (C=O) groups is 1. The summed E-state index contributed by atoms with van der Waals surface area (Å²) in [5.41, 5.74) is 0.423. The van der Waals surface area contributed by atoms with E-state index in [9.17, 15) is 9.00 Å². The quantitative estimate of drug-likeness (QED) is 0.757. The van der Waals surface area contributed by atoms with E-state index in [0.29, 0.717) is 29.7 Å². The van der Waals surface area contributed by atoms with Crippen molar-refractivity contribution in [2.45, 2.75) is 45.0 Å². The molecule has 0 aromatic carbocycles. The molecule has 1 saturated heterocycles. The summed E-state index contributed by atoms with van der Waals surface area (Å²) >= 11 is 5.76. The van der Waals surface area contributed by atoms with Gasteiger partial charge in [-0.05, 0) is 51.2 Å². The number of ether oxygens (including phenoxy) is 1. The van der Waals surface area contributed by atoms with Crippen LogP contribution in [0.1, 0.15) is 39.2 Å².